The van der Waals surface area contributed by atoms with Crippen molar-refractivity contribution in [3.8, 4) is 16.9 Å². The van der Waals surface area contributed by atoms with Crippen molar-refractivity contribution in [3.63, 3.8) is 0 Å². The monoisotopic (exact) mass is 514 g/mol. The molecule has 0 N–H and O–H groups in total. The number of fused-ring (bicyclic) bond motifs is 1. The lowest BCUT2D eigenvalue weighted by atomic mass is 9.97. The first-order chi connectivity index (χ1) is 16.9. The molecule has 0 radical (unpaired) electrons. The van der Waals surface area contributed by atoms with Gasteiger partial charge in [0.05, 0.1) is 0 Å². The average Bonchev–Trinajstić information content (AvgIpc) is 2.80. The van der Waals surface area contributed by atoms with Crippen LogP contribution in [0.15, 0.2) is 48.5 Å². The van der Waals surface area contributed by atoms with Crippen LogP contribution in [0.2, 0.25) is 0 Å². The highest BCUT2D eigenvalue weighted by molar-refractivity contribution is 5.88. The second kappa shape index (κ2) is 9.40. The standard InChI is InChI=1S/C26H15F9O/c1-2-3-12-4-6-16(24(32)22(12)30)13-5-7-17-14(8-13)9-18(27)21(23(17)31)26(34,35)36-15-10-19(28)25(33)20(29)11-15/h4-11H,2-3H2,1H3. The number of aryl methyl sites for hydroxylation is 1. The molecule has 10 heteroatoms. The van der Waals surface area contributed by atoms with Crippen molar-refractivity contribution >= 4 is 10.8 Å². The number of hydrogen-bond acceptors (Lipinski definition) is 1. The van der Waals surface area contributed by atoms with Crippen LogP contribution in [0.5, 0.6) is 5.75 Å². The van der Waals surface area contributed by atoms with E-state index in [4.69, 9.17) is 0 Å². The lowest BCUT2D eigenvalue weighted by Gasteiger charge is -2.20. The molecule has 188 valence electrons. The summed E-state index contributed by atoms with van der Waals surface area (Å²) in [7, 11) is 0. The molecule has 36 heavy (non-hydrogen) atoms. The summed E-state index contributed by atoms with van der Waals surface area (Å²) in [5.74, 6) is -12.6. The molecular formula is C26H15F9O. The van der Waals surface area contributed by atoms with E-state index in [9.17, 15) is 35.1 Å². The number of alkyl halides is 2. The van der Waals surface area contributed by atoms with Crippen molar-refractivity contribution in [1.29, 1.82) is 0 Å². The summed E-state index contributed by atoms with van der Waals surface area (Å²) in [6.45, 7) is 1.79. The van der Waals surface area contributed by atoms with Gasteiger partial charge in [-0.2, -0.15) is 8.78 Å². The third kappa shape index (κ3) is 4.47. The zero-order chi connectivity index (χ0) is 26.4. The molecule has 0 aliphatic heterocycles. The van der Waals surface area contributed by atoms with Crippen LogP contribution in [-0.4, -0.2) is 0 Å². The van der Waals surface area contributed by atoms with Crippen molar-refractivity contribution in [2.24, 2.45) is 0 Å². The van der Waals surface area contributed by atoms with Gasteiger partial charge in [-0.1, -0.05) is 37.6 Å². The number of benzene rings is 4. The molecule has 0 fully saturated rings. The van der Waals surface area contributed by atoms with E-state index in [0.717, 1.165) is 18.2 Å². The molecule has 0 saturated heterocycles. The largest absolute Gasteiger partial charge is 0.432 e. The zero-order valence-electron chi connectivity index (χ0n) is 18.3. The van der Waals surface area contributed by atoms with Gasteiger partial charge in [0.2, 0.25) is 0 Å². The highest BCUT2D eigenvalue weighted by Crippen LogP contribution is 2.39. The van der Waals surface area contributed by atoms with Gasteiger partial charge in [-0.05, 0) is 35.1 Å². The number of halogens is 9. The average molecular weight is 514 g/mol. The van der Waals surface area contributed by atoms with Crippen LogP contribution in [-0.2, 0) is 12.5 Å². The van der Waals surface area contributed by atoms with Crippen molar-refractivity contribution in [3.05, 3.63) is 100 Å². The Morgan fingerprint density at radius 2 is 1.36 bits per heavy atom. The van der Waals surface area contributed by atoms with E-state index < -0.39 is 63.5 Å². The van der Waals surface area contributed by atoms with Crippen molar-refractivity contribution < 1.29 is 44.3 Å². The molecule has 0 spiro atoms. The summed E-state index contributed by atoms with van der Waals surface area (Å²) >= 11 is 0. The topological polar surface area (TPSA) is 9.23 Å². The molecule has 0 heterocycles. The number of hydrogen-bond donors (Lipinski definition) is 0. The predicted octanol–water partition coefficient (Wildman–Crippen LogP) is 8.56. The molecule has 0 unspecified atom stereocenters. The Hall–Kier alpha value is -3.69. The number of ether oxygens (including phenoxy) is 1. The van der Waals surface area contributed by atoms with Gasteiger partial charge in [0.15, 0.2) is 29.1 Å². The maximum Gasteiger partial charge on any atom is 0.432 e. The summed E-state index contributed by atoms with van der Waals surface area (Å²) in [6, 6.07) is 6.58. The summed E-state index contributed by atoms with van der Waals surface area (Å²) in [4.78, 5) is 0. The maximum absolute atomic E-state index is 15.0. The highest BCUT2D eigenvalue weighted by Gasteiger charge is 2.42. The molecule has 0 atom stereocenters. The van der Waals surface area contributed by atoms with Gasteiger partial charge >= 0.3 is 6.11 Å². The van der Waals surface area contributed by atoms with Crippen molar-refractivity contribution in [2.45, 2.75) is 25.9 Å². The van der Waals surface area contributed by atoms with Gasteiger partial charge in [-0.3, -0.25) is 0 Å². The Morgan fingerprint density at radius 3 is 2.00 bits per heavy atom. The molecule has 0 aromatic heterocycles. The van der Waals surface area contributed by atoms with E-state index in [2.05, 4.69) is 4.74 Å². The van der Waals surface area contributed by atoms with Gasteiger partial charge in [-0.25, -0.2) is 30.7 Å². The first-order valence-corrected chi connectivity index (χ1v) is 10.6. The Balaban J connectivity index is 1.77. The molecule has 0 saturated carbocycles. The molecule has 0 bridgehead atoms. The Morgan fingerprint density at radius 1 is 0.694 bits per heavy atom. The Labute approximate surface area is 198 Å². The molecule has 0 amide bonds. The van der Waals surface area contributed by atoms with Crippen LogP contribution >= 0.6 is 0 Å². The van der Waals surface area contributed by atoms with Crippen LogP contribution in [0.1, 0.15) is 24.5 Å². The predicted molar refractivity (Wildman–Crippen MR) is 114 cm³/mol. The highest BCUT2D eigenvalue weighted by atomic mass is 19.3. The second-order valence-electron chi connectivity index (χ2n) is 7.95. The van der Waals surface area contributed by atoms with Crippen LogP contribution in [0.4, 0.5) is 39.5 Å². The van der Waals surface area contributed by atoms with E-state index in [1.165, 1.54) is 12.1 Å². The van der Waals surface area contributed by atoms with Gasteiger partial charge in [0, 0.05) is 23.1 Å². The van der Waals surface area contributed by atoms with E-state index in [-0.39, 0.29) is 34.2 Å². The summed E-state index contributed by atoms with van der Waals surface area (Å²) in [5, 5.41) is -0.767. The van der Waals surface area contributed by atoms with Gasteiger partial charge in [-0.15, -0.1) is 0 Å². The van der Waals surface area contributed by atoms with Crippen molar-refractivity contribution in [1.82, 2.24) is 0 Å². The fraction of sp³-hybridized carbons (Fsp3) is 0.154. The third-order valence-corrected chi connectivity index (χ3v) is 5.52. The molecule has 0 aliphatic rings. The Kier molecular flexibility index (Phi) is 6.64. The first-order valence-electron chi connectivity index (χ1n) is 10.6. The molecular weight excluding hydrogens is 499 g/mol. The van der Waals surface area contributed by atoms with E-state index >= 15 is 4.39 Å². The molecule has 0 aliphatic carbocycles. The normalized spacial score (nSPS) is 11.8. The smallest absolute Gasteiger partial charge is 0.429 e. The summed E-state index contributed by atoms with van der Waals surface area (Å²) in [6.07, 6.45) is -3.89. The minimum Gasteiger partial charge on any atom is -0.429 e. The van der Waals surface area contributed by atoms with E-state index in [1.54, 1.807) is 6.92 Å². The van der Waals surface area contributed by atoms with Gasteiger partial charge < -0.3 is 4.74 Å². The van der Waals surface area contributed by atoms with Crippen LogP contribution in [0.25, 0.3) is 21.9 Å². The SMILES string of the molecule is CCCc1ccc(-c2ccc3c(F)c(C(F)(F)Oc4cc(F)c(F)c(F)c4)c(F)cc3c2)c(F)c1F. The number of rotatable bonds is 6. The van der Waals surface area contributed by atoms with Gasteiger partial charge in [0.1, 0.15) is 22.9 Å². The van der Waals surface area contributed by atoms with E-state index in [0.29, 0.717) is 18.9 Å². The quantitative estimate of drug-likeness (QED) is 0.185. The lowest BCUT2D eigenvalue weighted by Crippen LogP contribution is -2.25. The summed E-state index contributed by atoms with van der Waals surface area (Å²) < 4.78 is 132. The molecule has 4 rings (SSSR count). The van der Waals surface area contributed by atoms with Crippen molar-refractivity contribution in [2.75, 3.05) is 0 Å². The second-order valence-corrected chi connectivity index (χ2v) is 7.95. The molecule has 4 aromatic rings. The van der Waals surface area contributed by atoms with E-state index in [1.807, 2.05) is 0 Å². The zero-order valence-corrected chi connectivity index (χ0v) is 18.3. The van der Waals surface area contributed by atoms with Crippen LogP contribution in [0, 0.1) is 40.7 Å². The summed E-state index contributed by atoms with van der Waals surface area (Å²) in [5.41, 5.74) is -1.87. The minimum absolute atomic E-state index is 0.0359. The molecule has 1 nitrogen and oxygen atoms in total. The van der Waals surface area contributed by atoms with Gasteiger partial charge in [0.25, 0.3) is 0 Å². The maximum atomic E-state index is 15.0. The molecule has 4 aromatic carbocycles. The van der Waals surface area contributed by atoms with Crippen LogP contribution < -0.4 is 4.74 Å². The third-order valence-electron chi connectivity index (χ3n) is 5.52. The first kappa shape index (κ1) is 25.4. The fourth-order valence-corrected chi connectivity index (χ4v) is 3.83. The minimum atomic E-state index is -4.76. The Bertz CT molecular complexity index is 1460. The van der Waals surface area contributed by atoms with Crippen LogP contribution in [0.3, 0.4) is 0 Å². The fourth-order valence-electron chi connectivity index (χ4n) is 3.83. The lowest BCUT2D eigenvalue weighted by molar-refractivity contribution is -0.189.